The molecule has 0 spiro atoms. The van der Waals surface area contributed by atoms with Crippen LogP contribution in [0.5, 0.6) is 17.2 Å². The molecule has 0 aliphatic carbocycles. The van der Waals surface area contributed by atoms with Crippen LogP contribution in [0.4, 0.5) is 4.39 Å². The van der Waals surface area contributed by atoms with E-state index in [0.29, 0.717) is 17.2 Å². The minimum atomic E-state index is -0.284. The summed E-state index contributed by atoms with van der Waals surface area (Å²) in [6, 6.07) is 9.33. The molecule has 8 heteroatoms. The molecule has 2 aromatic carbocycles. The molecule has 6 nitrogen and oxygen atoms in total. The first-order valence-corrected chi connectivity index (χ1v) is 7.70. The van der Waals surface area contributed by atoms with E-state index in [1.165, 1.54) is 32.6 Å². The molecule has 132 valence electrons. The van der Waals surface area contributed by atoms with E-state index in [1.54, 1.807) is 24.3 Å². The Labute approximate surface area is 150 Å². The monoisotopic (exact) mass is 363 g/mol. The molecule has 0 saturated carbocycles. The average Bonchev–Trinajstić information content (AvgIpc) is 2.62. The Kier molecular flexibility index (Phi) is 6.53. The summed E-state index contributed by atoms with van der Waals surface area (Å²) >= 11 is 5.11. The van der Waals surface area contributed by atoms with Crippen LogP contribution in [0, 0.1) is 5.82 Å². The first-order valence-electron chi connectivity index (χ1n) is 7.30. The molecular formula is C17H18FN3O3S. The lowest BCUT2D eigenvalue weighted by atomic mass is 10.2. The van der Waals surface area contributed by atoms with Crippen molar-refractivity contribution in [1.29, 1.82) is 0 Å². The maximum atomic E-state index is 12.8. The second-order valence-electron chi connectivity index (χ2n) is 4.95. The zero-order valence-corrected chi connectivity index (χ0v) is 14.6. The predicted octanol–water partition coefficient (Wildman–Crippen LogP) is 2.55. The molecule has 3 N–H and O–H groups in total. The molecule has 0 radical (unpaired) electrons. The van der Waals surface area contributed by atoms with Crippen molar-refractivity contribution in [2.75, 3.05) is 14.2 Å². The first kappa shape index (κ1) is 18.5. The average molecular weight is 363 g/mol. The van der Waals surface area contributed by atoms with Gasteiger partial charge in [0, 0.05) is 12.1 Å². The lowest BCUT2D eigenvalue weighted by Gasteiger charge is -2.09. The number of nitrogens with zero attached hydrogens (tertiary/aromatic N) is 1. The van der Waals surface area contributed by atoms with Gasteiger partial charge in [0.2, 0.25) is 5.75 Å². The molecule has 0 aliphatic heterocycles. The Morgan fingerprint density at radius 3 is 2.36 bits per heavy atom. The molecule has 0 amide bonds. The van der Waals surface area contributed by atoms with Gasteiger partial charge in [-0.05, 0) is 42.0 Å². The van der Waals surface area contributed by atoms with Gasteiger partial charge in [-0.25, -0.2) is 4.39 Å². The molecule has 2 aromatic rings. The predicted molar refractivity (Wildman–Crippen MR) is 97.8 cm³/mol. The lowest BCUT2D eigenvalue weighted by molar-refractivity contribution is 0.340. The number of methoxy groups -OCH3 is 2. The minimum absolute atomic E-state index is 0.0772. The second-order valence-corrected chi connectivity index (χ2v) is 5.36. The number of rotatable bonds is 6. The SMILES string of the molecule is COc1cc(/C=N/NC(=S)NCc2ccc(F)cc2)cc(OC)c1O. The highest BCUT2D eigenvalue weighted by atomic mass is 32.1. The summed E-state index contributed by atoms with van der Waals surface area (Å²) in [5, 5.41) is 17.1. The number of aromatic hydroxyl groups is 1. The molecule has 0 unspecified atom stereocenters. The third-order valence-electron chi connectivity index (χ3n) is 3.25. The summed E-state index contributed by atoms with van der Waals surface area (Å²) in [6.07, 6.45) is 1.51. The highest BCUT2D eigenvalue weighted by Gasteiger charge is 2.10. The van der Waals surface area contributed by atoms with E-state index in [0.717, 1.165) is 5.56 Å². The van der Waals surface area contributed by atoms with E-state index in [1.807, 2.05) is 0 Å². The van der Waals surface area contributed by atoms with E-state index in [-0.39, 0.29) is 23.1 Å². The van der Waals surface area contributed by atoms with Gasteiger partial charge in [-0.3, -0.25) is 5.43 Å². The number of phenols is 1. The van der Waals surface area contributed by atoms with Crippen molar-refractivity contribution in [2.24, 2.45) is 5.10 Å². The molecule has 0 saturated heterocycles. The Balaban J connectivity index is 1.91. The molecule has 0 heterocycles. The number of benzene rings is 2. The van der Waals surface area contributed by atoms with Crippen LogP contribution in [-0.2, 0) is 6.54 Å². The quantitative estimate of drug-likeness (QED) is 0.416. The Hall–Kier alpha value is -2.87. The van der Waals surface area contributed by atoms with Crippen LogP contribution in [-0.4, -0.2) is 30.7 Å². The Morgan fingerprint density at radius 1 is 1.20 bits per heavy atom. The molecule has 25 heavy (non-hydrogen) atoms. The van der Waals surface area contributed by atoms with Crippen LogP contribution < -0.4 is 20.2 Å². The normalized spacial score (nSPS) is 10.5. The van der Waals surface area contributed by atoms with Crippen molar-refractivity contribution in [3.05, 3.63) is 53.3 Å². The smallest absolute Gasteiger partial charge is 0.200 e. The van der Waals surface area contributed by atoms with Crippen molar-refractivity contribution in [3.63, 3.8) is 0 Å². The number of ether oxygens (including phenoxy) is 2. The van der Waals surface area contributed by atoms with Gasteiger partial charge in [-0.2, -0.15) is 5.10 Å². The maximum absolute atomic E-state index is 12.8. The third kappa shape index (κ3) is 5.32. The molecule has 0 aliphatic rings. The molecule has 0 fully saturated rings. The van der Waals surface area contributed by atoms with Crippen molar-refractivity contribution >= 4 is 23.5 Å². The fourth-order valence-electron chi connectivity index (χ4n) is 1.98. The van der Waals surface area contributed by atoms with Crippen molar-refractivity contribution in [1.82, 2.24) is 10.7 Å². The summed E-state index contributed by atoms with van der Waals surface area (Å²) in [6.45, 7) is 0.447. The third-order valence-corrected chi connectivity index (χ3v) is 3.48. The van der Waals surface area contributed by atoms with Gasteiger partial charge in [-0.1, -0.05) is 12.1 Å². The van der Waals surface area contributed by atoms with Crippen LogP contribution in [0.2, 0.25) is 0 Å². The number of thiocarbonyl (C=S) groups is 1. The summed E-state index contributed by atoms with van der Waals surface area (Å²) in [7, 11) is 2.89. The molecule has 0 atom stereocenters. The number of nitrogens with one attached hydrogen (secondary N) is 2. The number of halogens is 1. The summed E-state index contributed by atoms with van der Waals surface area (Å²) in [5.41, 5.74) is 4.22. The maximum Gasteiger partial charge on any atom is 0.200 e. The topological polar surface area (TPSA) is 75.1 Å². The van der Waals surface area contributed by atoms with E-state index >= 15 is 0 Å². The highest BCUT2D eigenvalue weighted by molar-refractivity contribution is 7.80. The minimum Gasteiger partial charge on any atom is -0.502 e. The van der Waals surface area contributed by atoms with Crippen LogP contribution in [0.15, 0.2) is 41.5 Å². The molecule has 0 aromatic heterocycles. The van der Waals surface area contributed by atoms with Gasteiger partial charge in [0.25, 0.3) is 0 Å². The van der Waals surface area contributed by atoms with Crippen LogP contribution in [0.25, 0.3) is 0 Å². The van der Waals surface area contributed by atoms with Gasteiger partial charge < -0.3 is 19.9 Å². The number of hydrogen-bond donors (Lipinski definition) is 3. The van der Waals surface area contributed by atoms with Crippen LogP contribution >= 0.6 is 12.2 Å². The Morgan fingerprint density at radius 2 is 1.80 bits per heavy atom. The molecule has 2 rings (SSSR count). The fourth-order valence-corrected chi connectivity index (χ4v) is 2.10. The van der Waals surface area contributed by atoms with Crippen molar-refractivity contribution in [2.45, 2.75) is 6.54 Å². The van der Waals surface area contributed by atoms with Crippen molar-refractivity contribution < 1.29 is 19.0 Å². The van der Waals surface area contributed by atoms with Gasteiger partial charge in [0.1, 0.15) is 5.82 Å². The summed E-state index contributed by atoms with van der Waals surface area (Å²) in [5.74, 6) is 0.191. The zero-order chi connectivity index (χ0) is 18.2. The standard InChI is InChI=1S/C17H18FN3O3S/c1-23-14-7-12(8-15(24-2)16(14)22)10-20-21-17(25)19-9-11-3-5-13(18)6-4-11/h3-8,10,22H,9H2,1-2H3,(H2,19,21,25)/b20-10+. The zero-order valence-electron chi connectivity index (χ0n) is 13.7. The van der Waals surface area contributed by atoms with Gasteiger partial charge >= 0.3 is 0 Å². The lowest BCUT2D eigenvalue weighted by Crippen LogP contribution is -2.31. The fraction of sp³-hybridized carbons (Fsp3) is 0.176. The summed E-state index contributed by atoms with van der Waals surface area (Å²) in [4.78, 5) is 0. The van der Waals surface area contributed by atoms with Crippen LogP contribution in [0.3, 0.4) is 0 Å². The summed E-state index contributed by atoms with van der Waals surface area (Å²) < 4.78 is 23.0. The van der Waals surface area contributed by atoms with E-state index < -0.39 is 0 Å². The number of phenolic OH excluding ortho intramolecular Hbond substituents is 1. The number of hydrogen-bond acceptors (Lipinski definition) is 5. The Bertz CT molecular complexity index is 741. The second kappa shape index (κ2) is 8.84. The van der Waals surface area contributed by atoms with Gasteiger partial charge in [0.05, 0.1) is 20.4 Å². The molecular weight excluding hydrogens is 345 g/mol. The van der Waals surface area contributed by atoms with Gasteiger partial charge in [-0.15, -0.1) is 0 Å². The number of hydrazone groups is 1. The van der Waals surface area contributed by atoms with Gasteiger partial charge in [0.15, 0.2) is 16.6 Å². The largest absolute Gasteiger partial charge is 0.502 e. The van der Waals surface area contributed by atoms with Crippen LogP contribution in [0.1, 0.15) is 11.1 Å². The highest BCUT2D eigenvalue weighted by Crippen LogP contribution is 2.36. The van der Waals surface area contributed by atoms with E-state index in [9.17, 15) is 9.50 Å². The van der Waals surface area contributed by atoms with E-state index in [4.69, 9.17) is 21.7 Å². The van der Waals surface area contributed by atoms with E-state index in [2.05, 4.69) is 15.8 Å². The first-order chi connectivity index (χ1) is 12.0. The molecule has 0 bridgehead atoms. The van der Waals surface area contributed by atoms with Crippen molar-refractivity contribution in [3.8, 4) is 17.2 Å².